The number of allylic oxidation sites excluding steroid dienone is 4. The van der Waals surface area contributed by atoms with Crippen LogP contribution in [-0.2, 0) is 30.5 Å². The normalized spacial score (nSPS) is 16.6. The van der Waals surface area contributed by atoms with Crippen LogP contribution in [0.4, 0.5) is 0 Å². The molecule has 0 saturated heterocycles. The third kappa shape index (κ3) is 9.39. The van der Waals surface area contributed by atoms with Crippen molar-refractivity contribution in [2.45, 2.75) is 79.2 Å². The highest BCUT2D eigenvalue weighted by atomic mass is 16.3. The number of carbonyl (C=O) groups is 1. The summed E-state index contributed by atoms with van der Waals surface area (Å²) in [7, 11) is 0. The van der Waals surface area contributed by atoms with Crippen LogP contribution in [0.1, 0.15) is 76.8 Å². The van der Waals surface area contributed by atoms with Crippen molar-refractivity contribution >= 4 is 11.4 Å². The molecule has 5 rings (SSSR count). The van der Waals surface area contributed by atoms with Crippen LogP contribution in [0.2, 0.25) is 0 Å². The predicted molar refractivity (Wildman–Crippen MR) is 204 cm³/mol. The van der Waals surface area contributed by atoms with E-state index >= 15 is 0 Å². The number of Topliss-reactive ketones (excluding diaryl/α,β-unsaturated/α-hetero) is 1. The minimum atomic E-state index is -0.694. The van der Waals surface area contributed by atoms with Crippen LogP contribution in [-0.4, -0.2) is 37.4 Å². The van der Waals surface area contributed by atoms with Crippen molar-refractivity contribution in [1.82, 2.24) is 0 Å². The fourth-order valence-corrected chi connectivity index (χ4v) is 6.88. The van der Waals surface area contributed by atoms with Crippen LogP contribution in [0.25, 0.3) is 5.57 Å². The molecule has 0 amide bonds. The topological polar surface area (TPSA) is 118 Å². The molecule has 6 nitrogen and oxygen atoms in total. The lowest BCUT2D eigenvalue weighted by Gasteiger charge is -2.23. The lowest BCUT2D eigenvalue weighted by molar-refractivity contribution is -0.121. The van der Waals surface area contributed by atoms with E-state index in [1.54, 1.807) is 18.2 Å². The number of aliphatic hydroxyl groups is 1. The third-order valence-corrected chi connectivity index (χ3v) is 9.95. The molecule has 0 saturated carbocycles. The predicted octanol–water partition coefficient (Wildman–Crippen LogP) is 8.91. The van der Waals surface area contributed by atoms with Gasteiger partial charge >= 0.3 is 0 Å². The maximum absolute atomic E-state index is 14.1. The first kappa shape index (κ1) is 37.2. The number of ketones is 1. The van der Waals surface area contributed by atoms with E-state index < -0.39 is 12.0 Å². The minimum Gasteiger partial charge on any atom is -0.508 e. The minimum absolute atomic E-state index is 0.0117. The smallest absolute Gasteiger partial charge is 0.140 e. The van der Waals surface area contributed by atoms with Crippen molar-refractivity contribution in [3.63, 3.8) is 0 Å². The summed E-state index contributed by atoms with van der Waals surface area (Å²) in [5, 5.41) is 54.6. The van der Waals surface area contributed by atoms with E-state index in [1.165, 1.54) is 0 Å². The Kier molecular flexibility index (Phi) is 11.9. The fraction of sp³-hybridized carbons (Fsp3) is 0.311. The van der Waals surface area contributed by atoms with Crippen molar-refractivity contribution in [3.05, 3.63) is 147 Å². The number of aromatic hydroxyl groups is 4. The van der Waals surface area contributed by atoms with Gasteiger partial charge in [0.1, 0.15) is 28.8 Å². The molecule has 0 bridgehead atoms. The highest BCUT2D eigenvalue weighted by Crippen LogP contribution is 2.36. The van der Waals surface area contributed by atoms with Crippen LogP contribution in [0.5, 0.6) is 23.0 Å². The Labute approximate surface area is 301 Å². The molecule has 0 radical (unpaired) electrons. The molecule has 0 aliphatic heterocycles. The Hall–Kier alpha value is -5.07. The van der Waals surface area contributed by atoms with Gasteiger partial charge in [0.05, 0.1) is 6.10 Å². The summed E-state index contributed by atoms with van der Waals surface area (Å²) in [6, 6.07) is 20.3. The lowest BCUT2D eigenvalue weighted by Crippen LogP contribution is -2.21. The first-order chi connectivity index (χ1) is 24.3. The zero-order valence-electron chi connectivity index (χ0n) is 30.3. The number of phenolic OH excluding ortho intramolecular Hbond substituents is 4. The van der Waals surface area contributed by atoms with Crippen LogP contribution in [0.3, 0.4) is 0 Å². The molecular formula is C45H50O6. The largest absolute Gasteiger partial charge is 0.508 e. The Bertz CT molecular complexity index is 2000. The van der Waals surface area contributed by atoms with Gasteiger partial charge in [-0.05, 0) is 139 Å². The van der Waals surface area contributed by atoms with Gasteiger partial charge in [0.25, 0.3) is 0 Å². The number of hydrogen-bond acceptors (Lipinski definition) is 6. The average molecular weight is 687 g/mol. The number of phenols is 4. The van der Waals surface area contributed by atoms with Gasteiger partial charge < -0.3 is 25.5 Å². The van der Waals surface area contributed by atoms with Crippen LogP contribution in [0, 0.1) is 32.6 Å². The number of hydrogen-bond donors (Lipinski definition) is 5. The number of rotatable bonds is 13. The molecule has 0 heterocycles. The van der Waals surface area contributed by atoms with Crippen molar-refractivity contribution < 1.29 is 30.3 Å². The van der Waals surface area contributed by atoms with Crippen molar-refractivity contribution in [3.8, 4) is 23.0 Å². The van der Waals surface area contributed by atoms with E-state index in [1.807, 2.05) is 107 Å². The van der Waals surface area contributed by atoms with Gasteiger partial charge in [-0.3, -0.25) is 4.79 Å². The zero-order chi connectivity index (χ0) is 36.8. The van der Waals surface area contributed by atoms with Crippen molar-refractivity contribution in [2.75, 3.05) is 0 Å². The van der Waals surface area contributed by atoms with Crippen molar-refractivity contribution in [1.29, 1.82) is 0 Å². The monoisotopic (exact) mass is 686 g/mol. The molecular weight excluding hydrogens is 636 g/mol. The zero-order valence-corrected chi connectivity index (χ0v) is 30.3. The van der Waals surface area contributed by atoms with E-state index in [-0.39, 0.29) is 47.5 Å². The molecule has 0 fully saturated rings. The first-order valence-corrected chi connectivity index (χ1v) is 17.8. The molecule has 4 aromatic rings. The molecule has 0 spiro atoms. The van der Waals surface area contributed by atoms with Crippen LogP contribution in [0.15, 0.2) is 96.6 Å². The van der Waals surface area contributed by atoms with E-state index in [0.717, 1.165) is 33.4 Å². The molecule has 3 unspecified atom stereocenters. The summed E-state index contributed by atoms with van der Waals surface area (Å²) >= 11 is 0. The quantitative estimate of drug-likeness (QED) is 0.0959. The number of carbonyl (C=O) groups excluding carboxylic acids is 1. The second-order valence-corrected chi connectivity index (χ2v) is 14.2. The van der Waals surface area contributed by atoms with Gasteiger partial charge in [0, 0.05) is 24.7 Å². The van der Waals surface area contributed by atoms with Gasteiger partial charge in [-0.25, -0.2) is 0 Å². The van der Waals surface area contributed by atoms with Gasteiger partial charge in [-0.1, -0.05) is 73.2 Å². The molecule has 0 aromatic heterocycles. The summed E-state index contributed by atoms with van der Waals surface area (Å²) in [5.74, 6) is -0.222. The van der Waals surface area contributed by atoms with E-state index in [0.29, 0.717) is 53.5 Å². The molecule has 3 atom stereocenters. The van der Waals surface area contributed by atoms with Crippen LogP contribution < -0.4 is 0 Å². The SMILES string of the molecule is CC/C(=C\C(Cc1ccc(C)cc1O)C(=O)CCc1ccc(C)cc1O)c1cc(Cc2ccc(C)cc2O)c(O)c(CC2C=CC(C)=CC2O)c1. The molecule has 266 valence electrons. The number of benzene rings is 4. The van der Waals surface area contributed by atoms with Gasteiger partial charge in [0.2, 0.25) is 0 Å². The second kappa shape index (κ2) is 16.3. The number of aryl methyl sites for hydroxylation is 4. The van der Waals surface area contributed by atoms with E-state index in [2.05, 4.69) is 0 Å². The Morgan fingerprint density at radius 2 is 1.31 bits per heavy atom. The third-order valence-electron chi connectivity index (χ3n) is 9.95. The lowest BCUT2D eigenvalue weighted by atomic mass is 9.84. The Balaban J connectivity index is 1.56. The number of aliphatic hydroxyl groups excluding tert-OH is 1. The van der Waals surface area contributed by atoms with Gasteiger partial charge in [-0.15, -0.1) is 0 Å². The highest BCUT2D eigenvalue weighted by Gasteiger charge is 2.24. The summed E-state index contributed by atoms with van der Waals surface area (Å²) in [6.07, 6.45) is 9.24. The maximum Gasteiger partial charge on any atom is 0.140 e. The van der Waals surface area contributed by atoms with Gasteiger partial charge in [0.15, 0.2) is 0 Å². The molecule has 4 aromatic carbocycles. The van der Waals surface area contributed by atoms with E-state index in [9.17, 15) is 30.3 Å². The first-order valence-electron chi connectivity index (χ1n) is 17.8. The molecule has 51 heavy (non-hydrogen) atoms. The second-order valence-electron chi connectivity index (χ2n) is 14.2. The molecule has 6 heteroatoms. The van der Waals surface area contributed by atoms with Crippen LogP contribution >= 0.6 is 0 Å². The standard InChI is InChI=1S/C45H50O6/c1-6-31(21-37(22-33-12-8-28(3)18-42(33)48)40(46)16-15-32-11-7-27(2)17-41(32)47)36-25-38(23-34-13-9-29(4)19-43(34)49)45(51)39(26-36)24-35-14-10-30(5)20-44(35)50/h7-14,17-21,25-26,34,37,43,47-51H,6,15-16,22-24H2,1-5H3/b31-21+. The fourth-order valence-electron chi connectivity index (χ4n) is 6.88. The van der Waals surface area contributed by atoms with Gasteiger partial charge in [-0.2, -0.15) is 0 Å². The average Bonchev–Trinajstić information content (AvgIpc) is 3.07. The van der Waals surface area contributed by atoms with Crippen molar-refractivity contribution in [2.24, 2.45) is 11.8 Å². The Morgan fingerprint density at radius 3 is 1.88 bits per heavy atom. The Morgan fingerprint density at radius 1 is 0.745 bits per heavy atom. The summed E-state index contributed by atoms with van der Waals surface area (Å²) in [6.45, 7) is 9.70. The van der Waals surface area contributed by atoms with E-state index in [4.69, 9.17) is 0 Å². The highest BCUT2D eigenvalue weighted by molar-refractivity contribution is 5.86. The molecule has 1 aliphatic rings. The maximum atomic E-state index is 14.1. The molecule has 5 N–H and O–H groups in total. The summed E-state index contributed by atoms with van der Waals surface area (Å²) in [5.41, 5.74) is 8.90. The molecule has 1 aliphatic carbocycles. The summed E-state index contributed by atoms with van der Waals surface area (Å²) < 4.78 is 0. The summed E-state index contributed by atoms with van der Waals surface area (Å²) in [4.78, 5) is 14.1.